The van der Waals surface area contributed by atoms with Crippen LogP contribution in [0.15, 0.2) is 42.5 Å². The van der Waals surface area contributed by atoms with Gasteiger partial charge in [0.15, 0.2) is 0 Å². The first kappa shape index (κ1) is 16.8. The third-order valence-corrected chi connectivity index (χ3v) is 3.46. The van der Waals surface area contributed by atoms with Crippen LogP contribution < -0.4 is 14.8 Å². The van der Waals surface area contributed by atoms with Crippen molar-refractivity contribution in [1.29, 1.82) is 0 Å². The van der Waals surface area contributed by atoms with E-state index >= 15 is 0 Å². The normalized spacial score (nSPS) is 10.2. The van der Waals surface area contributed by atoms with Crippen molar-refractivity contribution in [2.24, 2.45) is 0 Å². The van der Waals surface area contributed by atoms with Crippen LogP contribution in [-0.4, -0.2) is 26.7 Å². The Morgan fingerprint density at radius 2 is 1.96 bits per heavy atom. The monoisotopic (exact) mass is 317 g/mol. The van der Waals surface area contributed by atoms with Gasteiger partial charge >= 0.3 is 0 Å². The Kier molecular flexibility index (Phi) is 5.97. The number of ether oxygens (including phenoxy) is 2. The van der Waals surface area contributed by atoms with Gasteiger partial charge < -0.3 is 14.8 Å². The molecule has 0 saturated heterocycles. The largest absolute Gasteiger partial charge is 0.497 e. The molecule has 0 radical (unpaired) electrons. The van der Waals surface area contributed by atoms with E-state index in [0.717, 1.165) is 11.1 Å². The number of halogens is 1. The fraction of sp³-hybridized carbons (Fsp3) is 0.278. The van der Waals surface area contributed by atoms with Gasteiger partial charge in [-0.15, -0.1) is 0 Å². The molecule has 2 aromatic carbocycles. The van der Waals surface area contributed by atoms with E-state index in [-0.39, 0.29) is 18.1 Å². The molecule has 0 aliphatic rings. The molecule has 0 unspecified atom stereocenters. The van der Waals surface area contributed by atoms with Crippen molar-refractivity contribution in [1.82, 2.24) is 5.32 Å². The average Bonchev–Trinajstić information content (AvgIpc) is 2.55. The lowest BCUT2D eigenvalue weighted by Crippen LogP contribution is -2.27. The van der Waals surface area contributed by atoms with E-state index in [4.69, 9.17) is 9.47 Å². The standard InChI is InChI=1S/C18H20FNO3/c1-22-16-6-7-17(23-2)14(11-16)12-18(21)20-9-8-13-4-3-5-15(19)10-13/h3-7,10-11H,8-9,12H2,1-2H3,(H,20,21). The van der Waals surface area contributed by atoms with Crippen molar-refractivity contribution < 1.29 is 18.7 Å². The van der Waals surface area contributed by atoms with Crippen molar-refractivity contribution in [2.45, 2.75) is 12.8 Å². The molecule has 0 heterocycles. The average molecular weight is 317 g/mol. The van der Waals surface area contributed by atoms with E-state index in [1.54, 1.807) is 38.5 Å². The molecule has 0 saturated carbocycles. The highest BCUT2D eigenvalue weighted by molar-refractivity contribution is 5.79. The van der Waals surface area contributed by atoms with Gasteiger partial charge in [0.2, 0.25) is 5.91 Å². The molecule has 0 atom stereocenters. The Balaban J connectivity index is 1.89. The zero-order chi connectivity index (χ0) is 16.7. The summed E-state index contributed by atoms with van der Waals surface area (Å²) in [5.74, 6) is 0.933. The number of hydrogen-bond donors (Lipinski definition) is 1. The Morgan fingerprint density at radius 3 is 2.65 bits per heavy atom. The zero-order valence-electron chi connectivity index (χ0n) is 13.3. The van der Waals surface area contributed by atoms with Crippen LogP contribution in [0, 0.1) is 5.82 Å². The van der Waals surface area contributed by atoms with E-state index in [1.807, 2.05) is 6.07 Å². The fourth-order valence-electron chi connectivity index (χ4n) is 2.29. The van der Waals surface area contributed by atoms with Crippen LogP contribution in [0.2, 0.25) is 0 Å². The molecule has 0 aliphatic carbocycles. The zero-order valence-corrected chi connectivity index (χ0v) is 13.3. The maximum Gasteiger partial charge on any atom is 0.224 e. The van der Waals surface area contributed by atoms with Crippen LogP contribution in [0.3, 0.4) is 0 Å². The first-order valence-electron chi connectivity index (χ1n) is 7.34. The van der Waals surface area contributed by atoms with E-state index in [2.05, 4.69) is 5.32 Å². The summed E-state index contributed by atoms with van der Waals surface area (Å²) in [5, 5.41) is 2.83. The topological polar surface area (TPSA) is 47.6 Å². The fourth-order valence-corrected chi connectivity index (χ4v) is 2.29. The van der Waals surface area contributed by atoms with E-state index in [9.17, 15) is 9.18 Å². The second kappa shape index (κ2) is 8.17. The third kappa shape index (κ3) is 4.98. The first-order valence-corrected chi connectivity index (χ1v) is 7.34. The molecule has 1 amide bonds. The number of nitrogens with one attached hydrogen (secondary N) is 1. The summed E-state index contributed by atoms with van der Waals surface area (Å²) in [7, 11) is 3.14. The summed E-state index contributed by atoms with van der Waals surface area (Å²) < 4.78 is 23.5. The van der Waals surface area contributed by atoms with Crippen molar-refractivity contribution in [3.63, 3.8) is 0 Å². The van der Waals surface area contributed by atoms with Gasteiger partial charge in [-0.2, -0.15) is 0 Å². The summed E-state index contributed by atoms with van der Waals surface area (Å²) >= 11 is 0. The molecule has 1 N–H and O–H groups in total. The maximum absolute atomic E-state index is 13.1. The SMILES string of the molecule is COc1ccc(OC)c(CC(=O)NCCc2cccc(F)c2)c1. The van der Waals surface area contributed by atoms with Crippen LogP contribution in [0.1, 0.15) is 11.1 Å². The molecule has 4 nitrogen and oxygen atoms in total. The predicted octanol–water partition coefficient (Wildman–Crippen LogP) is 2.74. The number of rotatable bonds is 7. The molecule has 2 rings (SSSR count). The van der Waals surface area contributed by atoms with Crippen molar-refractivity contribution in [3.8, 4) is 11.5 Å². The minimum Gasteiger partial charge on any atom is -0.497 e. The quantitative estimate of drug-likeness (QED) is 0.854. The smallest absolute Gasteiger partial charge is 0.224 e. The van der Waals surface area contributed by atoms with Crippen molar-refractivity contribution in [2.75, 3.05) is 20.8 Å². The Bertz CT molecular complexity index is 673. The lowest BCUT2D eigenvalue weighted by Gasteiger charge is -2.11. The van der Waals surface area contributed by atoms with Crippen LogP contribution in [-0.2, 0) is 17.6 Å². The number of carbonyl (C=O) groups is 1. The molecule has 0 fully saturated rings. The van der Waals surface area contributed by atoms with E-state index in [0.29, 0.717) is 24.5 Å². The number of benzene rings is 2. The highest BCUT2D eigenvalue weighted by Gasteiger charge is 2.10. The number of hydrogen-bond acceptors (Lipinski definition) is 3. The van der Waals surface area contributed by atoms with Gasteiger partial charge in [-0.3, -0.25) is 4.79 Å². The van der Waals surface area contributed by atoms with Gasteiger partial charge in [0.25, 0.3) is 0 Å². The van der Waals surface area contributed by atoms with Crippen molar-refractivity contribution >= 4 is 5.91 Å². The highest BCUT2D eigenvalue weighted by Crippen LogP contribution is 2.24. The van der Waals surface area contributed by atoms with Gasteiger partial charge in [0.05, 0.1) is 20.6 Å². The van der Waals surface area contributed by atoms with Crippen LogP contribution in [0.5, 0.6) is 11.5 Å². The summed E-state index contributed by atoms with van der Waals surface area (Å²) in [6, 6.07) is 11.7. The molecular weight excluding hydrogens is 297 g/mol. The second-order valence-electron chi connectivity index (χ2n) is 5.08. The van der Waals surface area contributed by atoms with Gasteiger partial charge in [-0.25, -0.2) is 4.39 Å². The maximum atomic E-state index is 13.1. The van der Waals surface area contributed by atoms with Crippen LogP contribution in [0.4, 0.5) is 4.39 Å². The van der Waals surface area contributed by atoms with Gasteiger partial charge in [0.1, 0.15) is 17.3 Å². The summed E-state index contributed by atoms with van der Waals surface area (Å²) in [6.45, 7) is 0.453. The molecule has 5 heteroatoms. The Labute approximate surface area is 135 Å². The molecule has 2 aromatic rings. The molecule has 0 bridgehead atoms. The second-order valence-corrected chi connectivity index (χ2v) is 5.08. The van der Waals surface area contributed by atoms with Gasteiger partial charge in [-0.05, 0) is 42.3 Å². The molecule has 0 spiro atoms. The minimum absolute atomic E-state index is 0.118. The Hall–Kier alpha value is -2.56. The summed E-state index contributed by atoms with van der Waals surface area (Å²) in [6.07, 6.45) is 0.780. The van der Waals surface area contributed by atoms with Gasteiger partial charge in [0, 0.05) is 12.1 Å². The van der Waals surface area contributed by atoms with Crippen molar-refractivity contribution in [3.05, 3.63) is 59.4 Å². The van der Waals surface area contributed by atoms with Gasteiger partial charge in [-0.1, -0.05) is 12.1 Å². The lowest BCUT2D eigenvalue weighted by molar-refractivity contribution is -0.120. The molecule has 23 heavy (non-hydrogen) atoms. The molecular formula is C18H20FNO3. The predicted molar refractivity (Wildman–Crippen MR) is 86.4 cm³/mol. The molecule has 122 valence electrons. The number of methoxy groups -OCH3 is 2. The third-order valence-electron chi connectivity index (χ3n) is 3.46. The minimum atomic E-state index is -0.269. The van der Waals surface area contributed by atoms with E-state index < -0.39 is 0 Å². The number of amides is 1. The first-order chi connectivity index (χ1) is 11.1. The molecule has 0 aliphatic heterocycles. The van der Waals surface area contributed by atoms with E-state index in [1.165, 1.54) is 12.1 Å². The van der Waals surface area contributed by atoms with Crippen LogP contribution >= 0.6 is 0 Å². The molecule has 0 aromatic heterocycles. The summed E-state index contributed by atoms with van der Waals surface area (Å²) in [5.41, 5.74) is 1.61. The van der Waals surface area contributed by atoms with Crippen LogP contribution in [0.25, 0.3) is 0 Å². The highest BCUT2D eigenvalue weighted by atomic mass is 19.1. The summed E-state index contributed by atoms with van der Waals surface area (Å²) in [4.78, 5) is 12.1. The lowest BCUT2D eigenvalue weighted by atomic mass is 10.1. The Morgan fingerprint density at radius 1 is 1.13 bits per heavy atom. The number of carbonyl (C=O) groups excluding carboxylic acids is 1.